The van der Waals surface area contributed by atoms with Crippen LogP contribution in [0.2, 0.25) is 0 Å². The van der Waals surface area contributed by atoms with E-state index in [0.717, 1.165) is 18.6 Å². The van der Waals surface area contributed by atoms with Crippen molar-refractivity contribution in [3.63, 3.8) is 0 Å². The molecule has 120 valence electrons. The van der Waals surface area contributed by atoms with Gasteiger partial charge in [-0.05, 0) is 43.5 Å². The van der Waals surface area contributed by atoms with Crippen molar-refractivity contribution in [3.8, 4) is 0 Å². The molecule has 1 atom stereocenters. The lowest BCUT2D eigenvalue weighted by Crippen LogP contribution is -2.32. The minimum atomic E-state index is -0.742. The first-order valence-corrected chi connectivity index (χ1v) is 7.29. The van der Waals surface area contributed by atoms with E-state index in [-0.39, 0.29) is 22.7 Å². The smallest absolute Gasteiger partial charge is 0.264 e. The topological polar surface area (TPSA) is 66.1 Å². The Hall–Kier alpha value is -2.57. The maximum Gasteiger partial charge on any atom is 0.264 e. The van der Waals surface area contributed by atoms with Gasteiger partial charge in [0.1, 0.15) is 11.6 Å². The third-order valence-electron chi connectivity index (χ3n) is 4.03. The summed E-state index contributed by atoms with van der Waals surface area (Å²) < 4.78 is 27.7. The number of amides is 1. The molecule has 0 aliphatic carbocycles. The van der Waals surface area contributed by atoms with Crippen LogP contribution in [0.5, 0.6) is 0 Å². The van der Waals surface area contributed by atoms with Crippen LogP contribution in [0.1, 0.15) is 40.5 Å². The fourth-order valence-electron chi connectivity index (χ4n) is 2.82. The van der Waals surface area contributed by atoms with Crippen LogP contribution in [0.4, 0.5) is 8.78 Å². The number of hydrogen-bond acceptors (Lipinski definition) is 3. The third-order valence-corrected chi connectivity index (χ3v) is 4.03. The Morgan fingerprint density at radius 3 is 2.78 bits per heavy atom. The van der Waals surface area contributed by atoms with E-state index < -0.39 is 17.5 Å². The van der Waals surface area contributed by atoms with Crippen molar-refractivity contribution >= 4 is 5.91 Å². The fraction of sp³-hybridized carbons (Fsp3) is 0.312. The van der Waals surface area contributed by atoms with Gasteiger partial charge in [-0.25, -0.2) is 13.9 Å². The van der Waals surface area contributed by atoms with E-state index in [4.69, 9.17) is 0 Å². The van der Waals surface area contributed by atoms with Gasteiger partial charge in [-0.15, -0.1) is 0 Å². The number of likely N-dealkylation sites (tertiary alicyclic amines) is 1. The summed E-state index contributed by atoms with van der Waals surface area (Å²) in [7, 11) is 0. The van der Waals surface area contributed by atoms with Gasteiger partial charge < -0.3 is 4.90 Å². The van der Waals surface area contributed by atoms with Crippen molar-refractivity contribution in [2.75, 3.05) is 6.54 Å². The van der Waals surface area contributed by atoms with Gasteiger partial charge in [0.25, 0.3) is 11.5 Å². The third kappa shape index (κ3) is 2.86. The highest BCUT2D eigenvalue weighted by molar-refractivity contribution is 5.95. The molecule has 1 aromatic heterocycles. The molecule has 0 saturated carbocycles. The number of carbonyl (C=O) groups is 1. The molecule has 7 heteroatoms. The van der Waals surface area contributed by atoms with Gasteiger partial charge in [0.05, 0.1) is 17.3 Å². The minimum Gasteiger partial charge on any atom is -0.330 e. The summed E-state index contributed by atoms with van der Waals surface area (Å²) in [5.41, 5.74) is 0.0588. The number of nitrogens with one attached hydrogen (secondary N) is 1. The molecular formula is C16H15F2N3O2. The average molecular weight is 319 g/mol. The van der Waals surface area contributed by atoms with Crippen molar-refractivity contribution in [2.24, 2.45) is 0 Å². The van der Waals surface area contributed by atoms with Gasteiger partial charge >= 0.3 is 0 Å². The summed E-state index contributed by atoms with van der Waals surface area (Å²) in [5.74, 6) is -1.93. The molecule has 1 fully saturated rings. The number of halogens is 2. The van der Waals surface area contributed by atoms with Crippen LogP contribution in [-0.2, 0) is 0 Å². The molecule has 5 nitrogen and oxygen atoms in total. The molecule has 23 heavy (non-hydrogen) atoms. The zero-order valence-electron chi connectivity index (χ0n) is 12.5. The SMILES string of the molecule is Cc1cc(F)c(C(=O)N2CCCC2c2ccc(=O)[nH]n2)cc1F. The summed E-state index contributed by atoms with van der Waals surface area (Å²) in [4.78, 5) is 25.2. The first-order chi connectivity index (χ1) is 11.0. The Kier molecular flexibility index (Phi) is 3.94. The van der Waals surface area contributed by atoms with Crippen LogP contribution in [0.25, 0.3) is 0 Å². The Morgan fingerprint density at radius 2 is 2.09 bits per heavy atom. The summed E-state index contributed by atoms with van der Waals surface area (Å²) in [6.07, 6.45) is 1.38. The van der Waals surface area contributed by atoms with Crippen LogP contribution in [0, 0.1) is 18.6 Å². The van der Waals surface area contributed by atoms with E-state index in [0.29, 0.717) is 18.7 Å². The van der Waals surface area contributed by atoms with E-state index in [1.165, 1.54) is 17.9 Å². The first-order valence-electron chi connectivity index (χ1n) is 7.29. The normalized spacial score (nSPS) is 17.5. The lowest BCUT2D eigenvalue weighted by Gasteiger charge is -2.24. The Bertz CT molecular complexity index is 799. The lowest BCUT2D eigenvalue weighted by atomic mass is 10.1. The summed E-state index contributed by atoms with van der Waals surface area (Å²) in [6.45, 7) is 1.87. The summed E-state index contributed by atoms with van der Waals surface area (Å²) in [6, 6.07) is 4.47. The minimum absolute atomic E-state index is 0.152. The highest BCUT2D eigenvalue weighted by atomic mass is 19.1. The second kappa shape index (κ2) is 5.91. The Labute approximate surface area is 130 Å². The number of benzene rings is 1. The molecule has 1 aliphatic rings. The van der Waals surface area contributed by atoms with E-state index in [2.05, 4.69) is 10.2 Å². The molecule has 2 heterocycles. The lowest BCUT2D eigenvalue weighted by molar-refractivity contribution is 0.0727. The number of rotatable bonds is 2. The largest absolute Gasteiger partial charge is 0.330 e. The van der Waals surface area contributed by atoms with E-state index in [1.807, 2.05) is 0 Å². The van der Waals surface area contributed by atoms with Crippen molar-refractivity contribution in [3.05, 3.63) is 63.1 Å². The fourth-order valence-corrected chi connectivity index (χ4v) is 2.82. The van der Waals surface area contributed by atoms with E-state index >= 15 is 0 Å². The number of hydrogen-bond donors (Lipinski definition) is 1. The molecule has 1 aliphatic heterocycles. The quantitative estimate of drug-likeness (QED) is 0.924. The molecule has 1 unspecified atom stereocenters. The molecule has 1 aromatic carbocycles. The maximum atomic E-state index is 14.0. The molecule has 1 saturated heterocycles. The molecule has 0 spiro atoms. The molecule has 0 bridgehead atoms. The zero-order chi connectivity index (χ0) is 16.6. The number of aromatic amines is 1. The van der Waals surface area contributed by atoms with Crippen molar-refractivity contribution in [2.45, 2.75) is 25.8 Å². The van der Waals surface area contributed by atoms with Gasteiger partial charge in [0.2, 0.25) is 0 Å². The number of aryl methyl sites for hydroxylation is 1. The number of carbonyl (C=O) groups excluding carboxylic acids is 1. The predicted octanol–water partition coefficient (Wildman–Crippen LogP) is 2.33. The van der Waals surface area contributed by atoms with Crippen molar-refractivity contribution < 1.29 is 13.6 Å². The number of aromatic nitrogens is 2. The van der Waals surface area contributed by atoms with Crippen molar-refractivity contribution in [1.29, 1.82) is 0 Å². The van der Waals surface area contributed by atoms with Gasteiger partial charge in [-0.2, -0.15) is 5.10 Å². The second-order valence-corrected chi connectivity index (χ2v) is 5.58. The van der Waals surface area contributed by atoms with Crippen molar-refractivity contribution in [1.82, 2.24) is 15.1 Å². The number of H-pyrrole nitrogens is 1. The standard InChI is InChI=1S/C16H15F2N3O2/c1-9-7-12(18)10(8-11(9)17)16(23)21-6-2-3-14(21)13-4-5-15(22)20-19-13/h4-5,7-8,14H,2-3,6H2,1H3,(H,20,22). The maximum absolute atomic E-state index is 14.0. The van der Waals surface area contributed by atoms with E-state index in [9.17, 15) is 18.4 Å². The molecule has 3 rings (SSSR count). The van der Waals surface area contributed by atoms with Crippen LogP contribution < -0.4 is 5.56 Å². The molecular weight excluding hydrogens is 304 g/mol. The van der Waals surface area contributed by atoms with Gasteiger partial charge in [-0.1, -0.05) is 0 Å². The van der Waals surface area contributed by atoms with Crippen LogP contribution >= 0.6 is 0 Å². The van der Waals surface area contributed by atoms with Crippen LogP contribution in [0.3, 0.4) is 0 Å². The highest BCUT2D eigenvalue weighted by Crippen LogP contribution is 2.32. The molecule has 0 radical (unpaired) electrons. The predicted molar refractivity (Wildman–Crippen MR) is 79.0 cm³/mol. The monoisotopic (exact) mass is 319 g/mol. The summed E-state index contributed by atoms with van der Waals surface area (Å²) in [5, 5.41) is 6.27. The summed E-state index contributed by atoms with van der Waals surface area (Å²) >= 11 is 0. The van der Waals surface area contributed by atoms with Gasteiger partial charge in [-0.3, -0.25) is 9.59 Å². The highest BCUT2D eigenvalue weighted by Gasteiger charge is 2.33. The Morgan fingerprint density at radius 1 is 1.30 bits per heavy atom. The number of nitrogens with zero attached hydrogens (tertiary/aromatic N) is 2. The van der Waals surface area contributed by atoms with Crippen LogP contribution in [-0.4, -0.2) is 27.5 Å². The molecule has 1 N–H and O–H groups in total. The second-order valence-electron chi connectivity index (χ2n) is 5.58. The van der Waals surface area contributed by atoms with E-state index in [1.54, 1.807) is 6.07 Å². The Balaban J connectivity index is 1.93. The molecule has 1 amide bonds. The molecule has 2 aromatic rings. The van der Waals surface area contributed by atoms with Gasteiger partial charge in [0, 0.05) is 12.6 Å². The average Bonchev–Trinajstić information content (AvgIpc) is 3.00. The van der Waals surface area contributed by atoms with Gasteiger partial charge in [0.15, 0.2) is 0 Å². The zero-order valence-corrected chi connectivity index (χ0v) is 12.5. The first kappa shape index (κ1) is 15.3. The van der Waals surface area contributed by atoms with Crippen LogP contribution in [0.15, 0.2) is 29.1 Å².